The Labute approximate surface area is 131 Å². The molecule has 0 bridgehead atoms. The van der Waals surface area contributed by atoms with Crippen LogP contribution in [0.2, 0.25) is 0 Å². The lowest BCUT2D eigenvalue weighted by Crippen LogP contribution is -2.16. The predicted molar refractivity (Wildman–Crippen MR) is 87.5 cm³/mol. The van der Waals surface area contributed by atoms with E-state index in [1.54, 1.807) is 12.1 Å². The lowest BCUT2D eigenvalue weighted by Gasteiger charge is -2.24. The second-order valence-electron chi connectivity index (χ2n) is 6.03. The van der Waals surface area contributed by atoms with Gasteiger partial charge in [0, 0.05) is 0 Å². The Morgan fingerprint density at radius 2 is 1.82 bits per heavy atom. The smallest absolute Gasteiger partial charge is 0.339 e. The first-order chi connectivity index (χ1) is 10.4. The lowest BCUT2D eigenvalue weighted by atomic mass is 9.81. The molecule has 0 saturated carbocycles. The Balaban J connectivity index is 2.26. The van der Waals surface area contributed by atoms with Crippen LogP contribution in [-0.2, 0) is 12.0 Å². The number of carbonyl (C=O) groups is 1. The van der Waals surface area contributed by atoms with Crippen LogP contribution in [-0.4, -0.2) is 11.1 Å². The predicted octanol–water partition coefficient (Wildman–Crippen LogP) is 4.65. The number of hydrogen-bond acceptors (Lipinski definition) is 2. The van der Waals surface area contributed by atoms with Crippen LogP contribution in [0.25, 0.3) is 0 Å². The van der Waals surface area contributed by atoms with Crippen molar-refractivity contribution >= 4 is 5.97 Å². The molecular weight excluding hydrogens is 276 g/mol. The standard InChI is InChI=1S/C19H22O3/c1-4-19(2,3)15-10-11-17(16(12-15)18(20)21)22-13-14-8-6-5-7-9-14/h5-12H,4,13H2,1-3H3,(H,20,21). The zero-order chi connectivity index (χ0) is 16.2. The molecule has 0 fully saturated rings. The minimum atomic E-state index is -0.961. The maximum Gasteiger partial charge on any atom is 0.339 e. The first-order valence-electron chi connectivity index (χ1n) is 7.48. The number of rotatable bonds is 6. The van der Waals surface area contributed by atoms with Crippen LogP contribution in [0.3, 0.4) is 0 Å². The molecule has 0 aromatic heterocycles. The second-order valence-corrected chi connectivity index (χ2v) is 6.03. The van der Waals surface area contributed by atoms with Gasteiger partial charge >= 0.3 is 5.97 Å². The Morgan fingerprint density at radius 1 is 1.14 bits per heavy atom. The fourth-order valence-corrected chi connectivity index (χ4v) is 2.18. The summed E-state index contributed by atoms with van der Waals surface area (Å²) in [7, 11) is 0. The minimum absolute atomic E-state index is 0.0534. The molecule has 2 rings (SSSR count). The number of carboxylic acid groups (broad SMARTS) is 1. The Hall–Kier alpha value is -2.29. The van der Waals surface area contributed by atoms with Crippen molar-refractivity contribution < 1.29 is 14.6 Å². The summed E-state index contributed by atoms with van der Waals surface area (Å²) in [6, 6.07) is 15.2. The summed E-state index contributed by atoms with van der Waals surface area (Å²) in [5.41, 5.74) is 2.19. The van der Waals surface area contributed by atoms with E-state index in [0.29, 0.717) is 12.4 Å². The van der Waals surface area contributed by atoms with Crippen molar-refractivity contribution in [2.45, 2.75) is 39.2 Å². The van der Waals surface area contributed by atoms with E-state index in [1.807, 2.05) is 36.4 Å². The van der Waals surface area contributed by atoms with Gasteiger partial charge in [-0.15, -0.1) is 0 Å². The Bertz CT molecular complexity index is 645. The highest BCUT2D eigenvalue weighted by Crippen LogP contribution is 2.31. The molecular formula is C19H22O3. The Kier molecular flexibility index (Phi) is 4.86. The summed E-state index contributed by atoms with van der Waals surface area (Å²) in [4.78, 5) is 11.5. The minimum Gasteiger partial charge on any atom is -0.488 e. The molecule has 0 aliphatic rings. The summed E-state index contributed by atoms with van der Waals surface area (Å²) in [6.07, 6.45) is 0.941. The molecule has 3 nitrogen and oxygen atoms in total. The number of carboxylic acids is 1. The fraction of sp³-hybridized carbons (Fsp3) is 0.316. The van der Waals surface area contributed by atoms with E-state index >= 15 is 0 Å². The summed E-state index contributed by atoms with van der Waals surface area (Å²) in [6.45, 7) is 6.68. The summed E-state index contributed by atoms with van der Waals surface area (Å²) < 4.78 is 5.70. The monoisotopic (exact) mass is 298 g/mol. The van der Waals surface area contributed by atoms with Crippen LogP contribution >= 0.6 is 0 Å². The average molecular weight is 298 g/mol. The van der Waals surface area contributed by atoms with Crippen molar-refractivity contribution in [3.8, 4) is 5.75 Å². The third kappa shape index (κ3) is 3.67. The van der Waals surface area contributed by atoms with E-state index < -0.39 is 5.97 Å². The van der Waals surface area contributed by atoms with E-state index in [2.05, 4.69) is 20.8 Å². The molecule has 3 heteroatoms. The van der Waals surface area contributed by atoms with Gasteiger partial charge in [-0.05, 0) is 35.1 Å². The maximum absolute atomic E-state index is 11.5. The van der Waals surface area contributed by atoms with Crippen LogP contribution in [0, 0.1) is 0 Å². The van der Waals surface area contributed by atoms with Crippen molar-refractivity contribution in [3.63, 3.8) is 0 Å². The highest BCUT2D eigenvalue weighted by Gasteiger charge is 2.21. The molecule has 0 unspecified atom stereocenters. The van der Waals surface area contributed by atoms with Crippen molar-refractivity contribution in [2.24, 2.45) is 0 Å². The first kappa shape index (κ1) is 16.1. The first-order valence-corrected chi connectivity index (χ1v) is 7.48. The van der Waals surface area contributed by atoms with Gasteiger partial charge in [-0.1, -0.05) is 57.2 Å². The van der Waals surface area contributed by atoms with E-state index in [1.165, 1.54) is 0 Å². The van der Waals surface area contributed by atoms with E-state index in [0.717, 1.165) is 17.5 Å². The normalized spacial score (nSPS) is 11.2. The average Bonchev–Trinajstić information content (AvgIpc) is 2.53. The molecule has 0 aliphatic heterocycles. The van der Waals surface area contributed by atoms with E-state index in [9.17, 15) is 9.90 Å². The summed E-state index contributed by atoms with van der Waals surface area (Å²) in [5, 5.41) is 9.45. The van der Waals surface area contributed by atoms with Gasteiger partial charge in [-0.25, -0.2) is 4.79 Å². The molecule has 0 aliphatic carbocycles. The molecule has 1 N–H and O–H groups in total. The molecule has 0 atom stereocenters. The Morgan fingerprint density at radius 3 is 2.41 bits per heavy atom. The van der Waals surface area contributed by atoms with Crippen LogP contribution in [0.15, 0.2) is 48.5 Å². The third-order valence-corrected chi connectivity index (χ3v) is 4.11. The zero-order valence-corrected chi connectivity index (χ0v) is 13.3. The fourth-order valence-electron chi connectivity index (χ4n) is 2.18. The third-order valence-electron chi connectivity index (χ3n) is 4.11. The van der Waals surface area contributed by atoms with Gasteiger partial charge in [0.2, 0.25) is 0 Å². The van der Waals surface area contributed by atoms with Gasteiger partial charge in [-0.2, -0.15) is 0 Å². The molecule has 0 amide bonds. The molecule has 116 valence electrons. The van der Waals surface area contributed by atoms with Crippen LogP contribution < -0.4 is 4.74 Å². The molecule has 0 radical (unpaired) electrons. The van der Waals surface area contributed by atoms with Crippen molar-refractivity contribution in [1.82, 2.24) is 0 Å². The zero-order valence-electron chi connectivity index (χ0n) is 13.3. The van der Waals surface area contributed by atoms with Gasteiger partial charge in [0.1, 0.15) is 17.9 Å². The number of hydrogen-bond donors (Lipinski definition) is 1. The van der Waals surface area contributed by atoms with Gasteiger partial charge in [0.15, 0.2) is 0 Å². The lowest BCUT2D eigenvalue weighted by molar-refractivity contribution is 0.0691. The van der Waals surface area contributed by atoms with Crippen molar-refractivity contribution in [2.75, 3.05) is 0 Å². The molecule has 2 aromatic carbocycles. The van der Waals surface area contributed by atoms with Crippen LogP contribution in [0.4, 0.5) is 0 Å². The highest BCUT2D eigenvalue weighted by atomic mass is 16.5. The number of aromatic carboxylic acids is 1. The topological polar surface area (TPSA) is 46.5 Å². The molecule has 22 heavy (non-hydrogen) atoms. The van der Waals surface area contributed by atoms with E-state index in [4.69, 9.17) is 4.74 Å². The number of ether oxygens (including phenoxy) is 1. The molecule has 2 aromatic rings. The van der Waals surface area contributed by atoms with Gasteiger partial charge in [0.25, 0.3) is 0 Å². The molecule has 0 saturated heterocycles. The van der Waals surface area contributed by atoms with E-state index in [-0.39, 0.29) is 11.0 Å². The molecule has 0 heterocycles. The summed E-state index contributed by atoms with van der Waals surface area (Å²) >= 11 is 0. The van der Waals surface area contributed by atoms with Gasteiger partial charge in [0.05, 0.1) is 0 Å². The number of benzene rings is 2. The second kappa shape index (κ2) is 6.65. The highest BCUT2D eigenvalue weighted by molar-refractivity contribution is 5.91. The maximum atomic E-state index is 11.5. The quantitative estimate of drug-likeness (QED) is 0.844. The largest absolute Gasteiger partial charge is 0.488 e. The SMILES string of the molecule is CCC(C)(C)c1ccc(OCc2ccccc2)c(C(=O)O)c1. The van der Waals surface area contributed by atoms with Crippen LogP contribution in [0.1, 0.15) is 48.7 Å². The summed E-state index contributed by atoms with van der Waals surface area (Å²) in [5.74, 6) is -0.552. The van der Waals surface area contributed by atoms with Crippen LogP contribution in [0.5, 0.6) is 5.75 Å². The molecule has 0 spiro atoms. The van der Waals surface area contributed by atoms with Crippen molar-refractivity contribution in [3.05, 3.63) is 65.2 Å². The van der Waals surface area contributed by atoms with Crippen molar-refractivity contribution in [1.29, 1.82) is 0 Å². The van der Waals surface area contributed by atoms with Gasteiger partial charge < -0.3 is 9.84 Å². The van der Waals surface area contributed by atoms with Gasteiger partial charge in [-0.3, -0.25) is 0 Å².